The van der Waals surface area contributed by atoms with Gasteiger partial charge in [0.1, 0.15) is 5.76 Å². The summed E-state index contributed by atoms with van der Waals surface area (Å²) in [6.45, 7) is 0. The summed E-state index contributed by atoms with van der Waals surface area (Å²) < 4.78 is 0. The molecule has 0 bridgehead atoms. The average Bonchev–Trinajstić information content (AvgIpc) is 1.77. The van der Waals surface area contributed by atoms with Gasteiger partial charge in [-0.25, -0.2) is 0 Å². The number of Topliss-reactive ketones (excluding diaryl/α,β-unsaturated/α-hetero) is 1. The van der Waals surface area contributed by atoms with Crippen LogP contribution < -0.4 is 0 Å². The molecule has 0 aromatic heterocycles. The smallest absolute Gasteiger partial charge is 0.167 e. The molecule has 2 nitrogen and oxygen atoms in total. The molecule has 0 saturated carbocycles. The van der Waals surface area contributed by atoms with Crippen LogP contribution >= 0.6 is 0 Å². The standard InChI is InChI=1S/C6H5O2/c7-5-1-2-6(8)4-3-5/h1,3,7H,2H2. The summed E-state index contributed by atoms with van der Waals surface area (Å²) in [4.78, 5) is 10.3. The van der Waals surface area contributed by atoms with E-state index in [9.17, 15) is 4.79 Å². The Bertz CT molecular complexity index is 163. The summed E-state index contributed by atoms with van der Waals surface area (Å²) in [5.74, 6) is 0.0485. The molecule has 0 unspecified atom stereocenters. The third-order valence-electron chi connectivity index (χ3n) is 0.878. The van der Waals surface area contributed by atoms with E-state index in [-0.39, 0.29) is 18.0 Å². The second kappa shape index (κ2) is 1.82. The number of aliphatic hydroxyl groups excluding tert-OH is 1. The van der Waals surface area contributed by atoms with Crippen LogP contribution in [0.4, 0.5) is 0 Å². The Morgan fingerprint density at radius 1 is 1.75 bits per heavy atom. The minimum absolute atomic E-state index is 0.0807. The molecule has 0 aromatic carbocycles. The van der Waals surface area contributed by atoms with E-state index in [0.717, 1.165) is 0 Å². The highest BCUT2D eigenvalue weighted by Crippen LogP contribution is 2.01. The molecule has 2 heteroatoms. The molecule has 41 valence electrons. The lowest BCUT2D eigenvalue weighted by molar-refractivity contribution is -0.114. The lowest BCUT2D eigenvalue weighted by Crippen LogP contribution is -1.95. The van der Waals surface area contributed by atoms with Crippen molar-refractivity contribution in [1.82, 2.24) is 0 Å². The van der Waals surface area contributed by atoms with Crippen LogP contribution in [0.25, 0.3) is 0 Å². The zero-order valence-electron chi connectivity index (χ0n) is 4.22. The van der Waals surface area contributed by atoms with Crippen LogP contribution in [-0.4, -0.2) is 10.9 Å². The molecule has 1 aliphatic rings. The minimum atomic E-state index is -0.0807. The normalized spacial score (nSPS) is 18.5. The average molecular weight is 109 g/mol. The Hall–Kier alpha value is -1.05. The fourth-order valence-electron chi connectivity index (χ4n) is 0.470. The van der Waals surface area contributed by atoms with Gasteiger partial charge in [-0.1, -0.05) is 0 Å². The highest BCUT2D eigenvalue weighted by molar-refractivity contribution is 5.88. The Morgan fingerprint density at radius 2 is 2.50 bits per heavy atom. The molecule has 0 fully saturated rings. The quantitative estimate of drug-likeness (QED) is 0.498. The number of allylic oxidation sites excluding steroid dienone is 3. The van der Waals surface area contributed by atoms with Crippen LogP contribution in [0.1, 0.15) is 6.42 Å². The fourth-order valence-corrected chi connectivity index (χ4v) is 0.470. The molecule has 8 heavy (non-hydrogen) atoms. The Morgan fingerprint density at radius 3 is 2.88 bits per heavy atom. The summed E-state index contributed by atoms with van der Waals surface area (Å²) in [6.07, 6.45) is 5.36. The number of carbonyl (C=O) groups excluding carboxylic acids is 1. The van der Waals surface area contributed by atoms with E-state index < -0.39 is 0 Å². The molecule has 0 aliphatic heterocycles. The number of rotatable bonds is 0. The molecule has 0 spiro atoms. The lowest BCUT2D eigenvalue weighted by Gasteiger charge is -1.94. The Kier molecular flexibility index (Phi) is 1.16. The molecule has 1 radical (unpaired) electrons. The van der Waals surface area contributed by atoms with Gasteiger partial charge in [0, 0.05) is 12.5 Å². The van der Waals surface area contributed by atoms with Crippen LogP contribution in [-0.2, 0) is 4.79 Å². The minimum Gasteiger partial charge on any atom is -0.508 e. The van der Waals surface area contributed by atoms with E-state index in [1.165, 1.54) is 12.2 Å². The first-order valence-electron chi connectivity index (χ1n) is 2.31. The first-order chi connectivity index (χ1) is 3.79. The van der Waals surface area contributed by atoms with Crippen molar-refractivity contribution < 1.29 is 9.90 Å². The van der Waals surface area contributed by atoms with E-state index >= 15 is 0 Å². The molecular formula is C6H5O2. The van der Waals surface area contributed by atoms with E-state index in [0.29, 0.717) is 0 Å². The van der Waals surface area contributed by atoms with Gasteiger partial charge in [0.25, 0.3) is 0 Å². The lowest BCUT2D eigenvalue weighted by atomic mass is 10.1. The van der Waals surface area contributed by atoms with Crippen molar-refractivity contribution >= 4 is 5.78 Å². The van der Waals surface area contributed by atoms with Crippen molar-refractivity contribution in [2.45, 2.75) is 6.42 Å². The van der Waals surface area contributed by atoms with Gasteiger partial charge in [-0.15, -0.1) is 0 Å². The summed E-state index contributed by atoms with van der Waals surface area (Å²) in [6, 6.07) is 0. The zero-order valence-corrected chi connectivity index (χ0v) is 4.22. The van der Waals surface area contributed by atoms with E-state index in [1.54, 1.807) is 0 Å². The molecule has 1 rings (SSSR count). The molecule has 0 atom stereocenters. The number of hydrogen-bond acceptors (Lipinski definition) is 2. The maximum atomic E-state index is 10.3. The maximum absolute atomic E-state index is 10.3. The SMILES string of the molecule is O=C1[C]=CC(O)=CC1. The highest BCUT2D eigenvalue weighted by atomic mass is 16.3. The first-order valence-corrected chi connectivity index (χ1v) is 2.31. The third kappa shape index (κ3) is 0.964. The molecule has 0 aromatic rings. The molecule has 1 N–H and O–H groups in total. The van der Waals surface area contributed by atoms with Crippen molar-refractivity contribution in [2.75, 3.05) is 0 Å². The van der Waals surface area contributed by atoms with Gasteiger partial charge in [-0.05, 0) is 12.2 Å². The van der Waals surface area contributed by atoms with Crippen LogP contribution in [0, 0.1) is 6.08 Å². The summed E-state index contributed by atoms with van der Waals surface area (Å²) in [5.41, 5.74) is 0. The van der Waals surface area contributed by atoms with Crippen LogP contribution in [0.2, 0.25) is 0 Å². The van der Waals surface area contributed by atoms with Crippen LogP contribution in [0.3, 0.4) is 0 Å². The number of carbonyl (C=O) groups is 1. The molecule has 1 aliphatic carbocycles. The fraction of sp³-hybridized carbons (Fsp3) is 0.167. The van der Waals surface area contributed by atoms with Gasteiger partial charge >= 0.3 is 0 Å². The van der Waals surface area contributed by atoms with Crippen molar-refractivity contribution in [3.05, 3.63) is 24.0 Å². The van der Waals surface area contributed by atoms with Crippen molar-refractivity contribution in [3.8, 4) is 0 Å². The van der Waals surface area contributed by atoms with Gasteiger partial charge in [0.05, 0.1) is 0 Å². The topological polar surface area (TPSA) is 37.3 Å². The summed E-state index contributed by atoms with van der Waals surface area (Å²) in [5, 5.41) is 8.62. The number of aliphatic hydroxyl groups is 1. The number of hydrogen-bond donors (Lipinski definition) is 1. The van der Waals surface area contributed by atoms with Crippen LogP contribution in [0.5, 0.6) is 0 Å². The molecule has 0 heterocycles. The third-order valence-corrected chi connectivity index (χ3v) is 0.878. The van der Waals surface area contributed by atoms with Gasteiger partial charge in [0.15, 0.2) is 5.78 Å². The predicted octanol–water partition coefficient (Wildman–Crippen LogP) is 0.760. The van der Waals surface area contributed by atoms with Crippen molar-refractivity contribution in [3.63, 3.8) is 0 Å². The van der Waals surface area contributed by atoms with Crippen LogP contribution in [0.15, 0.2) is 17.9 Å². The second-order valence-electron chi connectivity index (χ2n) is 1.54. The Labute approximate surface area is 47.1 Å². The maximum Gasteiger partial charge on any atom is 0.167 e. The van der Waals surface area contributed by atoms with E-state index in [1.807, 2.05) is 0 Å². The zero-order chi connectivity index (χ0) is 5.98. The second-order valence-corrected chi connectivity index (χ2v) is 1.54. The molecule has 0 amide bonds. The number of ketones is 1. The van der Waals surface area contributed by atoms with Crippen molar-refractivity contribution in [1.29, 1.82) is 0 Å². The van der Waals surface area contributed by atoms with E-state index in [2.05, 4.69) is 6.08 Å². The first kappa shape index (κ1) is 5.09. The van der Waals surface area contributed by atoms with Gasteiger partial charge in [0.2, 0.25) is 0 Å². The monoisotopic (exact) mass is 109 g/mol. The summed E-state index contributed by atoms with van der Waals surface area (Å²) in [7, 11) is 0. The summed E-state index contributed by atoms with van der Waals surface area (Å²) >= 11 is 0. The van der Waals surface area contributed by atoms with E-state index in [4.69, 9.17) is 5.11 Å². The predicted molar refractivity (Wildman–Crippen MR) is 28.1 cm³/mol. The van der Waals surface area contributed by atoms with Crippen molar-refractivity contribution in [2.24, 2.45) is 0 Å². The Balaban J connectivity index is 2.71. The highest BCUT2D eigenvalue weighted by Gasteiger charge is 2.00. The van der Waals surface area contributed by atoms with Gasteiger partial charge in [-0.3, -0.25) is 4.79 Å². The molecular weight excluding hydrogens is 104 g/mol. The largest absolute Gasteiger partial charge is 0.508 e. The van der Waals surface area contributed by atoms with Gasteiger partial charge < -0.3 is 5.11 Å². The van der Waals surface area contributed by atoms with Gasteiger partial charge in [-0.2, -0.15) is 0 Å². The molecule has 0 saturated heterocycles.